The maximum absolute atomic E-state index is 12.8. The van der Waals surface area contributed by atoms with Gasteiger partial charge in [-0.25, -0.2) is 0 Å². The molecule has 0 aromatic heterocycles. The fourth-order valence-electron chi connectivity index (χ4n) is 7.60. The van der Waals surface area contributed by atoms with Crippen LogP contribution in [0.5, 0.6) is 0 Å². The van der Waals surface area contributed by atoms with Crippen molar-refractivity contribution in [3.63, 3.8) is 0 Å². The number of carbonyl (C=O) groups is 3. The molecule has 0 rings (SSSR count). The van der Waals surface area contributed by atoms with Gasteiger partial charge in [0, 0.05) is 19.3 Å². The van der Waals surface area contributed by atoms with Gasteiger partial charge in [0.15, 0.2) is 6.10 Å². The molecule has 0 spiro atoms. The Kier molecular flexibility index (Phi) is 51.9. The summed E-state index contributed by atoms with van der Waals surface area (Å²) in [5.41, 5.74) is 0. The molecular weight excluding hydrogens is 829 g/mol. The highest BCUT2D eigenvalue weighted by atomic mass is 16.6. The summed E-state index contributed by atoms with van der Waals surface area (Å²) in [6.07, 6.45) is 72.4. The predicted molar refractivity (Wildman–Crippen MR) is 288 cm³/mol. The number of allylic oxidation sites excluding steroid dienone is 16. The SMILES string of the molecule is CC\C=C/C=C\C=C/C=C\C=C\C=C/C=C\CCCCCC(=O)OCC(COC(=O)CCCCCCCCCCCCCCCC)OC(=O)CCCCCCC/C=C\CCCCCCCCC. The molecule has 0 saturated heterocycles. The highest BCUT2D eigenvalue weighted by Gasteiger charge is 2.19. The third kappa shape index (κ3) is 53.2. The van der Waals surface area contributed by atoms with E-state index in [9.17, 15) is 14.4 Å². The second kappa shape index (κ2) is 54.9. The fraction of sp³-hybridized carbons (Fsp3) is 0.689. The lowest BCUT2D eigenvalue weighted by Gasteiger charge is -2.18. The van der Waals surface area contributed by atoms with Gasteiger partial charge in [0.2, 0.25) is 0 Å². The molecular formula is C61H102O6. The van der Waals surface area contributed by atoms with Gasteiger partial charge in [0.25, 0.3) is 0 Å². The Labute approximate surface area is 413 Å². The first-order valence-electron chi connectivity index (χ1n) is 27.8. The van der Waals surface area contributed by atoms with Gasteiger partial charge in [-0.3, -0.25) is 14.4 Å². The lowest BCUT2D eigenvalue weighted by Crippen LogP contribution is -2.30. The summed E-state index contributed by atoms with van der Waals surface area (Å²) in [4.78, 5) is 38.1. The molecule has 1 unspecified atom stereocenters. The molecule has 0 aliphatic carbocycles. The van der Waals surface area contributed by atoms with E-state index in [1.807, 2.05) is 72.9 Å². The molecule has 0 fully saturated rings. The first kappa shape index (κ1) is 63.3. The van der Waals surface area contributed by atoms with Crippen LogP contribution in [0.2, 0.25) is 0 Å². The summed E-state index contributed by atoms with van der Waals surface area (Å²) < 4.78 is 16.8. The van der Waals surface area contributed by atoms with Gasteiger partial charge in [0.1, 0.15) is 13.2 Å². The molecule has 0 aromatic rings. The van der Waals surface area contributed by atoms with E-state index in [4.69, 9.17) is 14.2 Å². The van der Waals surface area contributed by atoms with Crippen molar-refractivity contribution < 1.29 is 28.6 Å². The zero-order valence-electron chi connectivity index (χ0n) is 43.6. The summed E-state index contributed by atoms with van der Waals surface area (Å²) in [5.74, 6) is -0.946. The van der Waals surface area contributed by atoms with Crippen molar-refractivity contribution >= 4 is 17.9 Å². The van der Waals surface area contributed by atoms with Crippen LogP contribution in [0.15, 0.2) is 97.2 Å². The fourth-order valence-corrected chi connectivity index (χ4v) is 7.60. The van der Waals surface area contributed by atoms with Crippen molar-refractivity contribution in [2.24, 2.45) is 0 Å². The minimum absolute atomic E-state index is 0.0945. The first-order valence-corrected chi connectivity index (χ1v) is 27.8. The van der Waals surface area contributed by atoms with Crippen LogP contribution in [0.3, 0.4) is 0 Å². The van der Waals surface area contributed by atoms with Crippen LogP contribution in [0.4, 0.5) is 0 Å². The zero-order chi connectivity index (χ0) is 48.6. The average Bonchev–Trinajstić information content (AvgIpc) is 3.33. The normalized spacial score (nSPS) is 12.8. The van der Waals surface area contributed by atoms with Crippen LogP contribution in [0, 0.1) is 0 Å². The van der Waals surface area contributed by atoms with Crippen LogP contribution in [0.25, 0.3) is 0 Å². The lowest BCUT2D eigenvalue weighted by molar-refractivity contribution is -0.167. The smallest absolute Gasteiger partial charge is 0.306 e. The third-order valence-electron chi connectivity index (χ3n) is 11.8. The van der Waals surface area contributed by atoms with Gasteiger partial charge in [-0.15, -0.1) is 0 Å². The molecule has 0 bridgehead atoms. The Morgan fingerprint density at radius 2 is 0.597 bits per heavy atom. The number of hydrogen-bond acceptors (Lipinski definition) is 6. The van der Waals surface area contributed by atoms with Gasteiger partial charge in [-0.2, -0.15) is 0 Å². The molecule has 0 saturated carbocycles. The highest BCUT2D eigenvalue weighted by Crippen LogP contribution is 2.15. The summed E-state index contributed by atoms with van der Waals surface area (Å²) in [7, 11) is 0. The largest absolute Gasteiger partial charge is 0.462 e. The second-order valence-corrected chi connectivity index (χ2v) is 18.3. The molecule has 1 atom stereocenters. The van der Waals surface area contributed by atoms with Crippen molar-refractivity contribution in [3.05, 3.63) is 97.2 Å². The van der Waals surface area contributed by atoms with E-state index in [1.165, 1.54) is 128 Å². The number of carbonyl (C=O) groups excluding carboxylic acids is 3. The molecule has 67 heavy (non-hydrogen) atoms. The van der Waals surface area contributed by atoms with Crippen molar-refractivity contribution in [2.45, 2.75) is 258 Å². The molecule has 0 aromatic carbocycles. The van der Waals surface area contributed by atoms with E-state index in [0.717, 1.165) is 83.5 Å². The number of hydrogen-bond donors (Lipinski definition) is 0. The first-order chi connectivity index (χ1) is 33.0. The molecule has 0 N–H and O–H groups in total. The van der Waals surface area contributed by atoms with Crippen molar-refractivity contribution in [1.82, 2.24) is 0 Å². The van der Waals surface area contributed by atoms with Crippen LogP contribution >= 0.6 is 0 Å². The van der Waals surface area contributed by atoms with Crippen molar-refractivity contribution in [2.75, 3.05) is 13.2 Å². The van der Waals surface area contributed by atoms with Crippen LogP contribution in [-0.4, -0.2) is 37.2 Å². The van der Waals surface area contributed by atoms with E-state index in [1.54, 1.807) is 0 Å². The van der Waals surface area contributed by atoms with Gasteiger partial charge < -0.3 is 14.2 Å². The summed E-state index contributed by atoms with van der Waals surface area (Å²) in [6, 6.07) is 0. The number of unbranched alkanes of at least 4 members (excludes halogenated alkanes) is 28. The van der Waals surface area contributed by atoms with E-state index in [0.29, 0.717) is 19.3 Å². The van der Waals surface area contributed by atoms with Gasteiger partial charge >= 0.3 is 17.9 Å². The molecule has 0 heterocycles. The standard InChI is InChI=1S/C61H102O6/c1-4-7-10-13-16-19-22-25-28-30-31-32-34-36-39-42-45-48-51-54-60(63)66-57-58(56-65-59(62)53-50-47-44-41-38-35-27-24-21-18-15-12-9-6-3)67-61(64)55-52-49-46-43-40-37-33-29-26-23-20-17-14-11-8-5-2/h7,10,13,16,19,22,25,28-34,36,39,58H,4-6,8-9,11-12,14-15,17-18,20-21,23-24,26-27,35,37-38,40-57H2,1-3H3/b10-7-,16-13-,22-19-,28-25-,31-30+,33-29-,34-32-,39-36-. The minimum atomic E-state index is -0.800. The maximum atomic E-state index is 12.8. The number of rotatable bonds is 49. The predicted octanol–water partition coefficient (Wildman–Crippen LogP) is 18.5. The Morgan fingerprint density at radius 3 is 0.970 bits per heavy atom. The Bertz CT molecular complexity index is 1350. The Morgan fingerprint density at radius 1 is 0.313 bits per heavy atom. The molecule has 0 aliphatic heterocycles. The second-order valence-electron chi connectivity index (χ2n) is 18.3. The lowest BCUT2D eigenvalue weighted by atomic mass is 10.0. The molecule has 0 radical (unpaired) electrons. The van der Waals surface area contributed by atoms with E-state index >= 15 is 0 Å². The van der Waals surface area contributed by atoms with E-state index in [2.05, 4.69) is 45.1 Å². The quantitative estimate of drug-likeness (QED) is 0.0199. The molecule has 6 heteroatoms. The minimum Gasteiger partial charge on any atom is -0.462 e. The molecule has 0 amide bonds. The molecule has 382 valence electrons. The van der Waals surface area contributed by atoms with Crippen LogP contribution < -0.4 is 0 Å². The van der Waals surface area contributed by atoms with E-state index in [-0.39, 0.29) is 31.1 Å². The van der Waals surface area contributed by atoms with Crippen molar-refractivity contribution in [1.29, 1.82) is 0 Å². The maximum Gasteiger partial charge on any atom is 0.306 e. The van der Waals surface area contributed by atoms with Crippen LogP contribution in [-0.2, 0) is 28.6 Å². The number of ether oxygens (including phenoxy) is 3. The molecule has 0 aliphatic rings. The average molecular weight is 931 g/mol. The van der Waals surface area contributed by atoms with Gasteiger partial charge in [0.05, 0.1) is 0 Å². The highest BCUT2D eigenvalue weighted by molar-refractivity contribution is 5.71. The Hall–Kier alpha value is -3.67. The summed E-state index contributed by atoms with van der Waals surface area (Å²) in [6.45, 7) is 6.45. The monoisotopic (exact) mass is 931 g/mol. The van der Waals surface area contributed by atoms with Crippen LogP contribution in [0.1, 0.15) is 252 Å². The Balaban J connectivity index is 4.50. The summed E-state index contributed by atoms with van der Waals surface area (Å²) in [5, 5.41) is 0. The van der Waals surface area contributed by atoms with Gasteiger partial charge in [-0.1, -0.05) is 266 Å². The summed E-state index contributed by atoms with van der Waals surface area (Å²) >= 11 is 0. The third-order valence-corrected chi connectivity index (χ3v) is 11.8. The van der Waals surface area contributed by atoms with Crippen molar-refractivity contribution in [3.8, 4) is 0 Å². The zero-order valence-corrected chi connectivity index (χ0v) is 43.6. The van der Waals surface area contributed by atoms with E-state index < -0.39 is 6.10 Å². The topological polar surface area (TPSA) is 78.9 Å². The van der Waals surface area contributed by atoms with Gasteiger partial charge in [-0.05, 0) is 64.2 Å². The number of esters is 3. The molecule has 6 nitrogen and oxygen atoms in total.